The molecule has 0 aliphatic carbocycles. The summed E-state index contributed by atoms with van der Waals surface area (Å²) in [4.78, 5) is 19.6. The highest BCUT2D eigenvalue weighted by Crippen LogP contribution is 2.39. The van der Waals surface area contributed by atoms with E-state index in [4.69, 9.17) is 9.47 Å². The summed E-state index contributed by atoms with van der Waals surface area (Å²) in [6.07, 6.45) is 4.55. The van der Waals surface area contributed by atoms with E-state index in [9.17, 15) is 4.79 Å². The molecule has 0 unspecified atom stereocenters. The van der Waals surface area contributed by atoms with E-state index in [2.05, 4.69) is 50.0 Å². The fourth-order valence-electron chi connectivity index (χ4n) is 3.80. The molecular weight excluding hydrogens is 364 g/mol. The van der Waals surface area contributed by atoms with Crippen molar-refractivity contribution in [3.05, 3.63) is 59.3 Å². The number of hydrogen-bond acceptors (Lipinski definition) is 4. The van der Waals surface area contributed by atoms with Crippen LogP contribution in [0.15, 0.2) is 47.6 Å². The average Bonchev–Trinajstić information content (AvgIpc) is 3.10. The third-order valence-corrected chi connectivity index (χ3v) is 5.56. The molecule has 2 aromatic rings. The molecule has 5 heteroatoms. The topological polar surface area (TPSA) is 51.1 Å². The van der Waals surface area contributed by atoms with Crippen LogP contribution in [0.25, 0.3) is 5.57 Å². The number of benzene rings is 2. The van der Waals surface area contributed by atoms with Crippen LogP contribution in [0.4, 0.5) is 5.69 Å². The van der Waals surface area contributed by atoms with Gasteiger partial charge in [0, 0.05) is 24.9 Å². The maximum absolute atomic E-state index is 13.3. The molecule has 2 aliphatic rings. The van der Waals surface area contributed by atoms with E-state index in [1.807, 2.05) is 12.4 Å². The van der Waals surface area contributed by atoms with Crippen molar-refractivity contribution in [1.82, 2.24) is 4.90 Å². The van der Waals surface area contributed by atoms with Crippen LogP contribution in [0.2, 0.25) is 0 Å². The quantitative estimate of drug-likeness (QED) is 0.743. The van der Waals surface area contributed by atoms with Gasteiger partial charge in [0.1, 0.15) is 0 Å². The number of amides is 1. The first-order valence-electron chi connectivity index (χ1n) is 9.76. The molecule has 4 rings (SSSR count). The van der Waals surface area contributed by atoms with E-state index in [0.717, 1.165) is 17.6 Å². The van der Waals surface area contributed by atoms with Crippen molar-refractivity contribution in [2.75, 3.05) is 14.2 Å². The number of aliphatic imine (C=N–C) groups is 1. The zero-order chi connectivity index (χ0) is 20.8. The normalized spacial score (nSPS) is 18.1. The Bertz CT molecular complexity index is 1010. The summed E-state index contributed by atoms with van der Waals surface area (Å²) in [5.41, 5.74) is 4.80. The van der Waals surface area contributed by atoms with Crippen molar-refractivity contribution in [1.29, 1.82) is 0 Å². The van der Waals surface area contributed by atoms with Crippen molar-refractivity contribution in [2.24, 2.45) is 4.99 Å². The highest BCUT2D eigenvalue weighted by atomic mass is 16.5. The number of methoxy groups -OCH3 is 2. The first-order valence-corrected chi connectivity index (χ1v) is 9.76. The van der Waals surface area contributed by atoms with E-state index in [0.29, 0.717) is 22.7 Å². The largest absolute Gasteiger partial charge is 0.493 e. The molecule has 29 heavy (non-hydrogen) atoms. The molecule has 1 atom stereocenters. The van der Waals surface area contributed by atoms with Crippen LogP contribution in [-0.4, -0.2) is 37.3 Å². The Morgan fingerprint density at radius 3 is 2.31 bits per heavy atom. The van der Waals surface area contributed by atoms with Gasteiger partial charge in [-0.15, -0.1) is 0 Å². The van der Waals surface area contributed by atoms with Crippen LogP contribution in [0.5, 0.6) is 11.5 Å². The van der Waals surface area contributed by atoms with Crippen LogP contribution in [0, 0.1) is 0 Å². The van der Waals surface area contributed by atoms with Gasteiger partial charge < -0.3 is 14.4 Å². The van der Waals surface area contributed by atoms with Crippen molar-refractivity contribution < 1.29 is 14.3 Å². The van der Waals surface area contributed by atoms with Gasteiger partial charge in [0.15, 0.2) is 11.5 Å². The molecule has 0 saturated heterocycles. The highest BCUT2D eigenvalue weighted by Gasteiger charge is 2.33. The summed E-state index contributed by atoms with van der Waals surface area (Å²) < 4.78 is 10.7. The van der Waals surface area contributed by atoms with Crippen LogP contribution < -0.4 is 9.47 Å². The fraction of sp³-hybridized carbons (Fsp3) is 0.333. The van der Waals surface area contributed by atoms with E-state index >= 15 is 0 Å². The molecule has 0 spiro atoms. The molecule has 0 aromatic heterocycles. The minimum Gasteiger partial charge on any atom is -0.493 e. The summed E-state index contributed by atoms with van der Waals surface area (Å²) in [5, 5.41) is 0. The maximum atomic E-state index is 13.3. The Hall–Kier alpha value is -3.08. The molecule has 1 amide bonds. The van der Waals surface area contributed by atoms with Gasteiger partial charge in [-0.2, -0.15) is 0 Å². The lowest BCUT2D eigenvalue weighted by molar-refractivity contribution is 0.0817. The number of carbonyl (C=O) groups excluding carboxylic acids is 1. The van der Waals surface area contributed by atoms with Crippen molar-refractivity contribution in [3.63, 3.8) is 0 Å². The van der Waals surface area contributed by atoms with Crippen LogP contribution in [0.1, 0.15) is 48.7 Å². The van der Waals surface area contributed by atoms with E-state index in [1.54, 1.807) is 31.3 Å². The molecule has 0 fully saturated rings. The molecular formula is C24H26N2O3. The molecule has 5 nitrogen and oxygen atoms in total. The summed E-state index contributed by atoms with van der Waals surface area (Å²) in [6, 6.07) is 12.0. The Morgan fingerprint density at radius 1 is 1.03 bits per heavy atom. The highest BCUT2D eigenvalue weighted by molar-refractivity contribution is 6.05. The van der Waals surface area contributed by atoms with Gasteiger partial charge in [0.25, 0.3) is 5.91 Å². The van der Waals surface area contributed by atoms with Gasteiger partial charge in [-0.25, -0.2) is 0 Å². The van der Waals surface area contributed by atoms with Gasteiger partial charge in [0.05, 0.1) is 31.5 Å². The number of hydrogen-bond donors (Lipinski definition) is 0. The summed E-state index contributed by atoms with van der Waals surface area (Å²) in [7, 11) is 3.14. The van der Waals surface area contributed by atoms with Gasteiger partial charge in [-0.05, 0) is 28.2 Å². The summed E-state index contributed by atoms with van der Waals surface area (Å²) in [6.45, 7) is 6.61. The molecule has 0 saturated carbocycles. The number of carbonyl (C=O) groups is 1. The van der Waals surface area contributed by atoms with Crippen LogP contribution in [0.3, 0.4) is 0 Å². The van der Waals surface area contributed by atoms with Crippen molar-refractivity contribution in [3.8, 4) is 11.5 Å². The number of fused-ring (bicyclic) bond motifs is 2. The smallest absolute Gasteiger partial charge is 0.260 e. The molecule has 2 heterocycles. The Labute approximate surface area is 171 Å². The minimum absolute atomic E-state index is 0.0789. The minimum atomic E-state index is -0.0933. The lowest BCUT2D eigenvalue weighted by Gasteiger charge is -2.19. The maximum Gasteiger partial charge on any atom is 0.260 e. The van der Waals surface area contributed by atoms with Crippen LogP contribution >= 0.6 is 0 Å². The molecule has 0 bridgehead atoms. The Kier molecular flexibility index (Phi) is 4.69. The first-order chi connectivity index (χ1) is 13.8. The second-order valence-electron chi connectivity index (χ2n) is 8.47. The molecule has 2 aromatic carbocycles. The zero-order valence-electron chi connectivity index (χ0n) is 17.5. The van der Waals surface area contributed by atoms with E-state index < -0.39 is 0 Å². The predicted octanol–water partition coefficient (Wildman–Crippen LogP) is 4.97. The molecule has 150 valence electrons. The van der Waals surface area contributed by atoms with Crippen LogP contribution in [-0.2, 0) is 5.41 Å². The first kappa shape index (κ1) is 19.2. The van der Waals surface area contributed by atoms with E-state index in [-0.39, 0.29) is 17.4 Å². The SMILES string of the molecule is COc1cc2c(cc1OC)C(=O)N1C=C(c3ccc(C(C)(C)C)cc3)C[C@H]1C=N2. The lowest BCUT2D eigenvalue weighted by Crippen LogP contribution is -2.32. The standard InChI is InChI=1S/C24H26N2O3/c1-24(2,3)17-8-6-15(7-9-17)16-10-18-13-25-20-12-22(29-5)21(28-4)11-19(20)23(27)26(18)14-16/h6-9,11-14,18H,10H2,1-5H3/t18-/m0/s1. The second-order valence-corrected chi connectivity index (χ2v) is 8.47. The van der Waals surface area contributed by atoms with Gasteiger partial charge in [-0.1, -0.05) is 45.0 Å². The average molecular weight is 390 g/mol. The van der Waals surface area contributed by atoms with Gasteiger partial charge in [-0.3, -0.25) is 9.79 Å². The second kappa shape index (κ2) is 7.07. The predicted molar refractivity (Wildman–Crippen MR) is 115 cm³/mol. The Morgan fingerprint density at radius 2 is 1.69 bits per heavy atom. The number of ether oxygens (including phenoxy) is 2. The van der Waals surface area contributed by atoms with Crippen molar-refractivity contribution >= 4 is 23.4 Å². The van der Waals surface area contributed by atoms with Crippen molar-refractivity contribution in [2.45, 2.75) is 38.6 Å². The van der Waals surface area contributed by atoms with E-state index in [1.165, 1.54) is 5.56 Å². The summed E-state index contributed by atoms with van der Waals surface area (Å²) >= 11 is 0. The van der Waals surface area contributed by atoms with Gasteiger partial charge in [0.2, 0.25) is 0 Å². The molecule has 0 N–H and O–H groups in total. The third kappa shape index (κ3) is 3.41. The lowest BCUT2D eigenvalue weighted by atomic mass is 9.86. The summed E-state index contributed by atoms with van der Waals surface area (Å²) in [5.74, 6) is 1.01. The molecule has 2 aliphatic heterocycles. The van der Waals surface area contributed by atoms with Gasteiger partial charge >= 0.3 is 0 Å². The Balaban J connectivity index is 1.67. The monoisotopic (exact) mass is 390 g/mol. The number of nitrogens with zero attached hydrogens (tertiary/aromatic N) is 2. The molecule has 0 radical (unpaired) electrons. The number of rotatable bonds is 3. The third-order valence-electron chi connectivity index (χ3n) is 5.56. The zero-order valence-corrected chi connectivity index (χ0v) is 17.5. The fourth-order valence-corrected chi connectivity index (χ4v) is 3.80.